The molecule has 28 heavy (non-hydrogen) atoms. The molecular formula is C19H27F3N4O2. The van der Waals surface area contributed by atoms with E-state index in [1.807, 2.05) is 38.1 Å². The van der Waals surface area contributed by atoms with Crippen molar-refractivity contribution in [2.24, 2.45) is 4.99 Å². The Morgan fingerprint density at radius 3 is 2.75 bits per heavy atom. The minimum atomic E-state index is -4.20. The third-order valence-corrected chi connectivity index (χ3v) is 4.07. The minimum Gasteiger partial charge on any atom is -0.490 e. The molecule has 156 valence electrons. The monoisotopic (exact) mass is 400 g/mol. The van der Waals surface area contributed by atoms with Crippen LogP contribution in [0.2, 0.25) is 0 Å². The van der Waals surface area contributed by atoms with Gasteiger partial charge in [-0.15, -0.1) is 0 Å². The fourth-order valence-corrected chi connectivity index (χ4v) is 2.76. The Morgan fingerprint density at radius 2 is 2.11 bits per heavy atom. The van der Waals surface area contributed by atoms with Gasteiger partial charge in [-0.05, 0) is 33.0 Å². The predicted octanol–water partition coefficient (Wildman–Crippen LogP) is 3.55. The molecule has 0 saturated carbocycles. The Balaban J connectivity index is 1.94. The highest BCUT2D eigenvalue weighted by molar-refractivity contribution is 5.84. The topological polar surface area (TPSA) is 62.0 Å². The number of furan rings is 1. The zero-order chi connectivity index (χ0) is 20.7. The highest BCUT2D eigenvalue weighted by atomic mass is 19.4. The molecule has 0 amide bonds. The number of ether oxygens (including phenoxy) is 1. The molecule has 2 aromatic rings. The number of para-hydroxylation sites is 1. The number of aliphatic imine (C=N–C) groups is 1. The van der Waals surface area contributed by atoms with Gasteiger partial charge < -0.3 is 19.8 Å². The number of hydrogen-bond acceptors (Lipinski definition) is 4. The molecule has 0 fully saturated rings. The average molecular weight is 400 g/mol. The Hall–Kier alpha value is -2.42. The minimum absolute atomic E-state index is 0.194. The third-order valence-electron chi connectivity index (χ3n) is 4.07. The van der Waals surface area contributed by atoms with E-state index in [4.69, 9.17) is 9.15 Å². The molecule has 0 aliphatic carbocycles. The van der Waals surface area contributed by atoms with E-state index in [9.17, 15) is 13.2 Å². The van der Waals surface area contributed by atoms with Gasteiger partial charge in [-0.25, -0.2) is 0 Å². The molecule has 0 spiro atoms. The van der Waals surface area contributed by atoms with Crippen molar-refractivity contribution in [3.05, 3.63) is 30.0 Å². The summed E-state index contributed by atoms with van der Waals surface area (Å²) in [6, 6.07) is 7.44. The second kappa shape index (κ2) is 9.68. The molecule has 1 heterocycles. The molecule has 0 saturated heterocycles. The van der Waals surface area contributed by atoms with Gasteiger partial charge >= 0.3 is 6.18 Å². The maximum absolute atomic E-state index is 12.4. The van der Waals surface area contributed by atoms with Gasteiger partial charge in [0, 0.05) is 25.5 Å². The molecule has 0 bridgehead atoms. The molecule has 1 unspecified atom stereocenters. The molecular weight excluding hydrogens is 373 g/mol. The van der Waals surface area contributed by atoms with Gasteiger partial charge in [0.2, 0.25) is 0 Å². The van der Waals surface area contributed by atoms with Crippen molar-refractivity contribution in [2.45, 2.75) is 26.1 Å². The first-order valence-electron chi connectivity index (χ1n) is 9.11. The maximum Gasteiger partial charge on any atom is 0.401 e. The summed E-state index contributed by atoms with van der Waals surface area (Å²) in [5.74, 6) is 1.88. The molecule has 2 rings (SSSR count). The normalized spacial score (nSPS) is 13.8. The van der Waals surface area contributed by atoms with Crippen LogP contribution >= 0.6 is 0 Å². The molecule has 2 N–H and O–H groups in total. The summed E-state index contributed by atoms with van der Waals surface area (Å²) in [6.45, 7) is 3.99. The smallest absolute Gasteiger partial charge is 0.401 e. The van der Waals surface area contributed by atoms with E-state index in [1.54, 1.807) is 7.05 Å². The molecule has 0 aliphatic heterocycles. The third kappa shape index (κ3) is 6.33. The van der Waals surface area contributed by atoms with Crippen LogP contribution in [0.15, 0.2) is 33.7 Å². The van der Waals surface area contributed by atoms with Crippen LogP contribution in [0.1, 0.15) is 25.6 Å². The zero-order valence-electron chi connectivity index (χ0n) is 16.6. The number of halogens is 3. The molecule has 9 heteroatoms. The van der Waals surface area contributed by atoms with Crippen molar-refractivity contribution >= 4 is 16.9 Å². The van der Waals surface area contributed by atoms with Crippen LogP contribution in [0.25, 0.3) is 11.0 Å². The molecule has 1 aromatic carbocycles. The second-order valence-electron chi connectivity index (χ2n) is 6.47. The summed E-state index contributed by atoms with van der Waals surface area (Å²) in [5, 5.41) is 7.13. The van der Waals surface area contributed by atoms with E-state index < -0.39 is 12.7 Å². The summed E-state index contributed by atoms with van der Waals surface area (Å²) < 4.78 is 48.6. The number of benzene rings is 1. The van der Waals surface area contributed by atoms with Gasteiger partial charge in [-0.1, -0.05) is 12.1 Å². The average Bonchev–Trinajstić information content (AvgIpc) is 3.05. The van der Waals surface area contributed by atoms with Gasteiger partial charge in [0.25, 0.3) is 0 Å². The second-order valence-corrected chi connectivity index (χ2v) is 6.47. The number of fused-ring (bicyclic) bond motifs is 1. The van der Waals surface area contributed by atoms with Crippen molar-refractivity contribution in [3.8, 4) is 5.75 Å². The number of nitrogens with one attached hydrogen (secondary N) is 2. The number of alkyl halides is 3. The number of hydrogen-bond donors (Lipinski definition) is 2. The van der Waals surface area contributed by atoms with E-state index in [2.05, 4.69) is 15.6 Å². The fourth-order valence-electron chi connectivity index (χ4n) is 2.76. The van der Waals surface area contributed by atoms with Crippen LogP contribution < -0.4 is 15.4 Å². The molecule has 0 radical (unpaired) electrons. The van der Waals surface area contributed by atoms with E-state index in [1.165, 1.54) is 11.9 Å². The van der Waals surface area contributed by atoms with E-state index in [-0.39, 0.29) is 12.6 Å². The molecule has 6 nitrogen and oxygen atoms in total. The lowest BCUT2D eigenvalue weighted by molar-refractivity contribution is -0.142. The SMILES string of the molecule is CCOc1cccc2cc(C(C)NC(=NC)NCCN(C)CC(F)(F)F)oc12. The molecule has 1 aromatic heterocycles. The predicted molar refractivity (Wildman–Crippen MR) is 104 cm³/mol. The summed E-state index contributed by atoms with van der Waals surface area (Å²) in [7, 11) is 3.03. The van der Waals surface area contributed by atoms with Crippen molar-refractivity contribution < 1.29 is 22.3 Å². The quantitative estimate of drug-likeness (QED) is 0.524. The first-order valence-corrected chi connectivity index (χ1v) is 9.11. The van der Waals surface area contributed by atoms with Gasteiger partial charge in [0.15, 0.2) is 17.3 Å². The zero-order valence-corrected chi connectivity index (χ0v) is 16.6. The lowest BCUT2D eigenvalue weighted by Crippen LogP contribution is -2.43. The van der Waals surface area contributed by atoms with Crippen molar-refractivity contribution in [2.75, 3.05) is 40.3 Å². The number of nitrogens with zero attached hydrogens (tertiary/aromatic N) is 2. The fraction of sp³-hybridized carbons (Fsp3) is 0.526. The summed E-state index contributed by atoms with van der Waals surface area (Å²) >= 11 is 0. The first kappa shape index (κ1) is 21.9. The van der Waals surface area contributed by atoms with Crippen LogP contribution in [0.4, 0.5) is 13.2 Å². The van der Waals surface area contributed by atoms with Crippen LogP contribution in [-0.2, 0) is 0 Å². The van der Waals surface area contributed by atoms with Gasteiger partial charge in [-0.3, -0.25) is 9.89 Å². The van der Waals surface area contributed by atoms with Crippen molar-refractivity contribution in [1.29, 1.82) is 0 Å². The van der Waals surface area contributed by atoms with Crippen molar-refractivity contribution in [3.63, 3.8) is 0 Å². The van der Waals surface area contributed by atoms with Crippen molar-refractivity contribution in [1.82, 2.24) is 15.5 Å². The van der Waals surface area contributed by atoms with Crippen LogP contribution in [-0.4, -0.2) is 57.4 Å². The number of guanidine groups is 1. The summed E-state index contributed by atoms with van der Waals surface area (Å²) in [4.78, 5) is 5.32. The Kier molecular flexibility index (Phi) is 7.56. The van der Waals surface area contributed by atoms with Crippen LogP contribution in [0.3, 0.4) is 0 Å². The maximum atomic E-state index is 12.4. The number of rotatable bonds is 8. The van der Waals surface area contributed by atoms with Gasteiger partial charge in [0.05, 0.1) is 19.2 Å². The lowest BCUT2D eigenvalue weighted by atomic mass is 10.2. The molecule has 0 aliphatic rings. The lowest BCUT2D eigenvalue weighted by Gasteiger charge is -2.20. The number of likely N-dealkylation sites (N-methyl/N-ethyl adjacent to an activating group) is 1. The molecule has 1 atom stereocenters. The Bertz CT molecular complexity index is 789. The van der Waals surface area contributed by atoms with Gasteiger partial charge in [-0.2, -0.15) is 13.2 Å². The summed E-state index contributed by atoms with van der Waals surface area (Å²) in [6.07, 6.45) is -4.20. The Morgan fingerprint density at radius 1 is 1.36 bits per heavy atom. The largest absolute Gasteiger partial charge is 0.490 e. The van der Waals surface area contributed by atoms with Gasteiger partial charge in [0.1, 0.15) is 5.76 Å². The van der Waals surface area contributed by atoms with Crippen LogP contribution in [0.5, 0.6) is 5.75 Å². The van der Waals surface area contributed by atoms with Crippen LogP contribution in [0, 0.1) is 0 Å². The summed E-state index contributed by atoms with van der Waals surface area (Å²) in [5.41, 5.74) is 0.685. The standard InChI is InChI=1S/C19H27F3N4O2/c1-5-27-15-8-6-7-14-11-16(28-17(14)15)13(2)25-18(23-3)24-9-10-26(4)12-19(20,21)22/h6-8,11,13H,5,9-10,12H2,1-4H3,(H2,23,24,25). The highest BCUT2D eigenvalue weighted by Crippen LogP contribution is 2.31. The van der Waals surface area contributed by atoms with E-state index in [0.717, 1.165) is 5.39 Å². The van der Waals surface area contributed by atoms with E-state index in [0.29, 0.717) is 36.2 Å². The highest BCUT2D eigenvalue weighted by Gasteiger charge is 2.28. The first-order chi connectivity index (χ1) is 13.2. The van der Waals surface area contributed by atoms with E-state index >= 15 is 0 Å². The Labute approximate surface area is 162 Å².